The smallest absolute Gasteiger partial charge is 0.311 e. The Balaban J connectivity index is 3.12. The summed E-state index contributed by atoms with van der Waals surface area (Å²) in [5.74, 6) is -4.04. The van der Waals surface area contributed by atoms with Gasteiger partial charge in [-0.25, -0.2) is 0 Å². The van der Waals surface area contributed by atoms with Crippen LogP contribution in [0, 0.1) is 12.8 Å². The fourth-order valence-electron chi connectivity index (χ4n) is 1.87. The molecule has 2 N–H and O–H groups in total. The molecular formula is C13H16O4. The molecule has 2 unspecified atom stereocenters. The van der Waals surface area contributed by atoms with Crippen LogP contribution < -0.4 is 0 Å². The Bertz CT molecular complexity index is 408. The van der Waals surface area contributed by atoms with Gasteiger partial charge in [0.15, 0.2) is 0 Å². The monoisotopic (exact) mass is 236 g/mol. The Morgan fingerprint density at radius 2 is 1.65 bits per heavy atom. The first-order valence-electron chi connectivity index (χ1n) is 5.49. The summed E-state index contributed by atoms with van der Waals surface area (Å²) in [6.45, 7) is 3.58. The molecule has 1 aromatic rings. The van der Waals surface area contributed by atoms with Gasteiger partial charge in [-0.3, -0.25) is 9.59 Å². The Morgan fingerprint density at radius 3 is 2.00 bits per heavy atom. The molecular weight excluding hydrogens is 220 g/mol. The molecule has 1 aromatic carbocycles. The van der Waals surface area contributed by atoms with Gasteiger partial charge in [-0.15, -0.1) is 0 Å². The predicted octanol–water partition coefficient (Wildman–Crippen LogP) is 2.27. The minimum absolute atomic E-state index is 0.292. The standard InChI is InChI=1S/C13H16O4/c1-3-10(12(14)15)11(13(16)17)9-6-4-8(2)5-7-9/h4-7,10-11H,3H2,1-2H3,(H,14,15)(H,16,17). The third kappa shape index (κ3) is 3.06. The van der Waals surface area contributed by atoms with E-state index in [0.29, 0.717) is 12.0 Å². The highest BCUT2D eigenvalue weighted by Crippen LogP contribution is 2.28. The van der Waals surface area contributed by atoms with E-state index in [1.165, 1.54) is 0 Å². The highest BCUT2D eigenvalue weighted by atomic mass is 16.4. The molecule has 2 atom stereocenters. The van der Waals surface area contributed by atoms with E-state index in [1.807, 2.05) is 6.92 Å². The molecule has 4 nitrogen and oxygen atoms in total. The van der Waals surface area contributed by atoms with Crippen LogP contribution in [0.15, 0.2) is 24.3 Å². The minimum atomic E-state index is -1.09. The normalized spacial score (nSPS) is 14.0. The zero-order valence-electron chi connectivity index (χ0n) is 9.88. The molecule has 0 aliphatic rings. The lowest BCUT2D eigenvalue weighted by molar-refractivity contribution is -0.150. The Hall–Kier alpha value is -1.84. The number of hydrogen-bond acceptors (Lipinski definition) is 2. The average molecular weight is 236 g/mol. The Morgan fingerprint density at radius 1 is 1.12 bits per heavy atom. The van der Waals surface area contributed by atoms with E-state index in [-0.39, 0.29) is 0 Å². The van der Waals surface area contributed by atoms with Crippen LogP contribution >= 0.6 is 0 Å². The molecule has 0 aliphatic heterocycles. The van der Waals surface area contributed by atoms with Crippen molar-refractivity contribution >= 4 is 11.9 Å². The third-order valence-electron chi connectivity index (χ3n) is 2.86. The highest BCUT2D eigenvalue weighted by Gasteiger charge is 2.33. The minimum Gasteiger partial charge on any atom is -0.481 e. The number of carbonyl (C=O) groups is 2. The van der Waals surface area contributed by atoms with Crippen molar-refractivity contribution in [3.63, 3.8) is 0 Å². The summed E-state index contributed by atoms with van der Waals surface area (Å²) in [5, 5.41) is 18.2. The van der Waals surface area contributed by atoms with E-state index < -0.39 is 23.8 Å². The maximum absolute atomic E-state index is 11.2. The maximum Gasteiger partial charge on any atom is 0.311 e. The van der Waals surface area contributed by atoms with Gasteiger partial charge in [0, 0.05) is 0 Å². The Labute approximate surface area is 99.9 Å². The van der Waals surface area contributed by atoms with Crippen LogP contribution in [0.4, 0.5) is 0 Å². The molecule has 0 saturated heterocycles. The molecule has 0 aromatic heterocycles. The lowest BCUT2D eigenvalue weighted by Gasteiger charge is -2.19. The van der Waals surface area contributed by atoms with Crippen molar-refractivity contribution in [2.45, 2.75) is 26.2 Å². The summed E-state index contributed by atoms with van der Waals surface area (Å²) in [5.41, 5.74) is 1.55. The van der Waals surface area contributed by atoms with Gasteiger partial charge in [0.05, 0.1) is 11.8 Å². The number of carboxylic acids is 2. The molecule has 0 fully saturated rings. The second-order valence-electron chi connectivity index (χ2n) is 4.08. The van der Waals surface area contributed by atoms with Crippen LogP contribution in [0.25, 0.3) is 0 Å². The summed E-state index contributed by atoms with van der Waals surface area (Å²) < 4.78 is 0. The molecule has 0 radical (unpaired) electrons. The summed E-state index contributed by atoms with van der Waals surface area (Å²) in [4.78, 5) is 22.3. The van der Waals surface area contributed by atoms with Crippen molar-refractivity contribution in [3.8, 4) is 0 Å². The van der Waals surface area contributed by atoms with E-state index in [0.717, 1.165) is 5.56 Å². The van der Waals surface area contributed by atoms with Crippen LogP contribution in [-0.2, 0) is 9.59 Å². The van der Waals surface area contributed by atoms with Crippen molar-refractivity contribution in [2.24, 2.45) is 5.92 Å². The number of aliphatic carboxylic acids is 2. The van der Waals surface area contributed by atoms with E-state index in [1.54, 1.807) is 31.2 Å². The van der Waals surface area contributed by atoms with Gasteiger partial charge >= 0.3 is 11.9 Å². The molecule has 0 spiro atoms. The van der Waals surface area contributed by atoms with Gasteiger partial charge in [-0.2, -0.15) is 0 Å². The molecule has 17 heavy (non-hydrogen) atoms. The van der Waals surface area contributed by atoms with Gasteiger partial charge in [0.1, 0.15) is 0 Å². The number of rotatable bonds is 5. The predicted molar refractivity (Wildman–Crippen MR) is 63.0 cm³/mol. The van der Waals surface area contributed by atoms with Gasteiger partial charge in [0.25, 0.3) is 0 Å². The first-order valence-corrected chi connectivity index (χ1v) is 5.49. The SMILES string of the molecule is CCC(C(=O)O)C(C(=O)O)c1ccc(C)cc1. The van der Waals surface area contributed by atoms with Crippen molar-refractivity contribution in [1.29, 1.82) is 0 Å². The van der Waals surface area contributed by atoms with Crippen molar-refractivity contribution < 1.29 is 19.8 Å². The number of benzene rings is 1. The largest absolute Gasteiger partial charge is 0.481 e. The average Bonchev–Trinajstić information content (AvgIpc) is 2.26. The molecule has 0 aliphatic carbocycles. The van der Waals surface area contributed by atoms with Crippen LogP contribution in [0.5, 0.6) is 0 Å². The van der Waals surface area contributed by atoms with Crippen molar-refractivity contribution in [3.05, 3.63) is 35.4 Å². The first-order chi connectivity index (χ1) is 7.97. The number of aryl methyl sites for hydroxylation is 1. The summed E-state index contributed by atoms with van der Waals surface area (Å²) in [6.07, 6.45) is 0.292. The molecule has 4 heteroatoms. The maximum atomic E-state index is 11.2. The second kappa shape index (κ2) is 5.48. The molecule has 0 saturated carbocycles. The van der Waals surface area contributed by atoms with Crippen molar-refractivity contribution in [1.82, 2.24) is 0 Å². The fraction of sp³-hybridized carbons (Fsp3) is 0.385. The topological polar surface area (TPSA) is 74.6 Å². The first kappa shape index (κ1) is 13.2. The van der Waals surface area contributed by atoms with E-state index in [9.17, 15) is 14.7 Å². The lowest BCUT2D eigenvalue weighted by Crippen LogP contribution is -2.27. The fourth-order valence-corrected chi connectivity index (χ4v) is 1.87. The molecule has 1 rings (SSSR count). The summed E-state index contributed by atoms with van der Waals surface area (Å²) in [7, 11) is 0. The van der Waals surface area contributed by atoms with Gasteiger partial charge in [-0.1, -0.05) is 36.8 Å². The molecule has 92 valence electrons. The van der Waals surface area contributed by atoms with E-state index >= 15 is 0 Å². The van der Waals surface area contributed by atoms with Gasteiger partial charge in [0.2, 0.25) is 0 Å². The molecule has 0 heterocycles. The van der Waals surface area contributed by atoms with E-state index in [4.69, 9.17) is 5.11 Å². The quantitative estimate of drug-likeness (QED) is 0.822. The zero-order chi connectivity index (χ0) is 13.0. The van der Waals surface area contributed by atoms with Crippen LogP contribution in [0.2, 0.25) is 0 Å². The zero-order valence-corrected chi connectivity index (χ0v) is 9.88. The van der Waals surface area contributed by atoms with Gasteiger partial charge < -0.3 is 10.2 Å². The number of hydrogen-bond donors (Lipinski definition) is 2. The summed E-state index contributed by atoms with van der Waals surface area (Å²) >= 11 is 0. The van der Waals surface area contributed by atoms with Crippen LogP contribution in [0.3, 0.4) is 0 Å². The van der Waals surface area contributed by atoms with Gasteiger partial charge in [-0.05, 0) is 18.9 Å². The number of carboxylic acid groups (broad SMARTS) is 2. The van der Waals surface area contributed by atoms with Crippen LogP contribution in [0.1, 0.15) is 30.4 Å². The second-order valence-corrected chi connectivity index (χ2v) is 4.08. The van der Waals surface area contributed by atoms with E-state index in [2.05, 4.69) is 0 Å². The molecule has 0 amide bonds. The molecule has 0 bridgehead atoms. The summed E-state index contributed by atoms with van der Waals surface area (Å²) in [6, 6.07) is 6.94. The van der Waals surface area contributed by atoms with Crippen LogP contribution in [-0.4, -0.2) is 22.2 Å². The Kier molecular flexibility index (Phi) is 4.26. The third-order valence-corrected chi connectivity index (χ3v) is 2.86. The lowest BCUT2D eigenvalue weighted by atomic mass is 9.84. The van der Waals surface area contributed by atoms with Crippen molar-refractivity contribution in [2.75, 3.05) is 0 Å². The highest BCUT2D eigenvalue weighted by molar-refractivity contribution is 5.84.